The Morgan fingerprint density at radius 1 is 1.33 bits per heavy atom. The molecule has 0 aromatic heterocycles. The molecule has 1 N–H and O–H groups in total. The average molecular weight is 255 g/mol. The third-order valence-corrected chi connectivity index (χ3v) is 4.98. The summed E-state index contributed by atoms with van der Waals surface area (Å²) in [5, 5.41) is -0.365. The molecule has 0 heterocycles. The van der Waals surface area contributed by atoms with E-state index in [2.05, 4.69) is 9.62 Å². The number of sulfonamides is 1. The lowest BCUT2D eigenvalue weighted by Gasteiger charge is -2.36. The van der Waals surface area contributed by atoms with Crippen molar-refractivity contribution in [1.82, 2.24) is 9.62 Å². The molecule has 90 valence electrons. The molecule has 0 aromatic rings. The molecule has 1 fully saturated rings. The van der Waals surface area contributed by atoms with Gasteiger partial charge in [-0.25, -0.2) is 13.1 Å². The first-order chi connectivity index (χ1) is 6.92. The van der Waals surface area contributed by atoms with E-state index in [1.807, 2.05) is 14.1 Å². The molecule has 1 aliphatic carbocycles. The van der Waals surface area contributed by atoms with Gasteiger partial charge in [-0.3, -0.25) is 0 Å². The molecule has 6 heteroatoms. The van der Waals surface area contributed by atoms with E-state index in [1.54, 1.807) is 0 Å². The van der Waals surface area contributed by atoms with Crippen LogP contribution in [0.3, 0.4) is 0 Å². The van der Waals surface area contributed by atoms with Gasteiger partial charge in [-0.05, 0) is 26.9 Å². The van der Waals surface area contributed by atoms with Gasteiger partial charge >= 0.3 is 0 Å². The zero-order valence-electron chi connectivity index (χ0n) is 9.29. The highest BCUT2D eigenvalue weighted by Crippen LogP contribution is 2.33. The Kier molecular flexibility index (Phi) is 4.40. The molecule has 0 saturated heterocycles. The van der Waals surface area contributed by atoms with Gasteiger partial charge in [-0.2, -0.15) is 0 Å². The second kappa shape index (κ2) is 4.99. The van der Waals surface area contributed by atoms with E-state index >= 15 is 0 Å². The number of rotatable bonds is 5. The summed E-state index contributed by atoms with van der Waals surface area (Å²) in [7, 11) is 0.711. The van der Waals surface area contributed by atoms with Crippen LogP contribution in [0.1, 0.15) is 25.7 Å². The van der Waals surface area contributed by atoms with Crippen LogP contribution in [0.2, 0.25) is 0 Å². The number of hydrogen-bond acceptors (Lipinski definition) is 3. The molecule has 0 aliphatic heterocycles. The van der Waals surface area contributed by atoms with Gasteiger partial charge in [0.2, 0.25) is 10.0 Å². The lowest BCUT2D eigenvalue weighted by Crippen LogP contribution is -2.50. The van der Waals surface area contributed by atoms with E-state index in [0.717, 1.165) is 12.8 Å². The maximum atomic E-state index is 11.3. The first-order valence-electron chi connectivity index (χ1n) is 5.13. The zero-order chi connectivity index (χ0) is 11.5. The van der Waals surface area contributed by atoms with Crippen LogP contribution in [0.5, 0.6) is 0 Å². The highest BCUT2D eigenvalue weighted by atomic mass is 35.5. The van der Waals surface area contributed by atoms with Crippen LogP contribution in [-0.2, 0) is 10.0 Å². The van der Waals surface area contributed by atoms with Crippen molar-refractivity contribution < 1.29 is 8.42 Å². The molecule has 1 aliphatic rings. The maximum absolute atomic E-state index is 11.3. The van der Waals surface area contributed by atoms with Crippen LogP contribution in [0, 0.1) is 0 Å². The van der Waals surface area contributed by atoms with Gasteiger partial charge in [-0.1, -0.05) is 12.8 Å². The van der Waals surface area contributed by atoms with Gasteiger partial charge in [-0.15, -0.1) is 11.6 Å². The molecule has 15 heavy (non-hydrogen) atoms. The topological polar surface area (TPSA) is 49.4 Å². The van der Waals surface area contributed by atoms with Crippen LogP contribution in [0.15, 0.2) is 0 Å². The number of alkyl halides is 1. The third kappa shape index (κ3) is 3.31. The van der Waals surface area contributed by atoms with Crippen molar-refractivity contribution in [3.05, 3.63) is 0 Å². The van der Waals surface area contributed by atoms with E-state index in [4.69, 9.17) is 11.6 Å². The summed E-state index contributed by atoms with van der Waals surface area (Å²) in [6.45, 7) is 0.467. The Balaban J connectivity index is 2.61. The van der Waals surface area contributed by atoms with Gasteiger partial charge in [0.25, 0.3) is 0 Å². The van der Waals surface area contributed by atoms with Crippen molar-refractivity contribution in [1.29, 1.82) is 0 Å². The normalized spacial score (nSPS) is 21.1. The van der Waals surface area contributed by atoms with Gasteiger partial charge in [0.15, 0.2) is 0 Å². The Hall–Kier alpha value is 0.160. The van der Waals surface area contributed by atoms with Crippen LogP contribution in [-0.4, -0.2) is 44.7 Å². The SMILES string of the molecule is CN(C)C1(CNS(=O)(=O)CCl)CCCC1. The van der Waals surface area contributed by atoms with Crippen LogP contribution in [0.25, 0.3) is 0 Å². The minimum atomic E-state index is -3.29. The predicted molar refractivity (Wildman–Crippen MR) is 62.5 cm³/mol. The van der Waals surface area contributed by atoms with Crippen molar-refractivity contribution in [3.63, 3.8) is 0 Å². The van der Waals surface area contributed by atoms with E-state index in [0.29, 0.717) is 6.54 Å². The standard InChI is InChI=1S/C9H19ClN2O2S/c1-12(2)9(5-3-4-6-9)7-11-15(13,14)8-10/h11H,3-8H2,1-2H3. The highest BCUT2D eigenvalue weighted by molar-refractivity contribution is 7.90. The van der Waals surface area contributed by atoms with Crippen LogP contribution in [0.4, 0.5) is 0 Å². The van der Waals surface area contributed by atoms with Crippen molar-refractivity contribution >= 4 is 21.6 Å². The zero-order valence-corrected chi connectivity index (χ0v) is 10.9. The van der Waals surface area contributed by atoms with Crippen molar-refractivity contribution in [2.45, 2.75) is 31.2 Å². The third-order valence-electron chi connectivity index (χ3n) is 3.25. The number of halogens is 1. The van der Waals surface area contributed by atoms with Gasteiger partial charge in [0.05, 0.1) is 0 Å². The number of nitrogens with zero attached hydrogens (tertiary/aromatic N) is 1. The van der Waals surface area contributed by atoms with Crippen molar-refractivity contribution in [2.24, 2.45) is 0 Å². The smallest absolute Gasteiger partial charge is 0.225 e. The molecule has 0 aromatic carbocycles. The van der Waals surface area contributed by atoms with E-state index in [1.165, 1.54) is 12.8 Å². The summed E-state index contributed by atoms with van der Waals surface area (Å²) in [5.74, 6) is 0. The number of hydrogen-bond donors (Lipinski definition) is 1. The maximum Gasteiger partial charge on any atom is 0.225 e. The molecule has 1 saturated carbocycles. The second-order valence-corrected chi connectivity index (χ2v) is 6.76. The largest absolute Gasteiger partial charge is 0.302 e. The molecular weight excluding hydrogens is 236 g/mol. The molecule has 0 bridgehead atoms. The second-order valence-electron chi connectivity index (χ2n) is 4.37. The fourth-order valence-corrected chi connectivity index (χ4v) is 2.90. The fourth-order valence-electron chi connectivity index (χ4n) is 2.10. The lowest BCUT2D eigenvalue weighted by molar-refractivity contribution is 0.162. The number of likely N-dealkylation sites (N-methyl/N-ethyl adjacent to an activating group) is 1. The fraction of sp³-hybridized carbons (Fsp3) is 1.00. The highest BCUT2D eigenvalue weighted by Gasteiger charge is 2.36. The average Bonchev–Trinajstić information content (AvgIpc) is 2.65. The van der Waals surface area contributed by atoms with Gasteiger partial charge in [0.1, 0.15) is 5.21 Å². The monoisotopic (exact) mass is 254 g/mol. The Morgan fingerprint density at radius 3 is 2.27 bits per heavy atom. The first kappa shape index (κ1) is 13.2. The molecule has 1 rings (SSSR count). The van der Waals surface area contributed by atoms with E-state index < -0.39 is 10.0 Å². The van der Waals surface area contributed by atoms with Gasteiger partial charge < -0.3 is 4.90 Å². The van der Waals surface area contributed by atoms with E-state index in [-0.39, 0.29) is 10.8 Å². The molecule has 0 radical (unpaired) electrons. The molecule has 0 unspecified atom stereocenters. The first-order valence-corrected chi connectivity index (χ1v) is 7.31. The Morgan fingerprint density at radius 2 is 1.87 bits per heavy atom. The Labute approximate surface area is 97.0 Å². The minimum absolute atomic E-state index is 0.0148. The molecular formula is C9H19ClN2O2S. The van der Waals surface area contributed by atoms with Crippen LogP contribution < -0.4 is 4.72 Å². The summed E-state index contributed by atoms with van der Waals surface area (Å²) in [6.07, 6.45) is 4.43. The number of nitrogens with one attached hydrogen (secondary N) is 1. The van der Waals surface area contributed by atoms with E-state index in [9.17, 15) is 8.42 Å². The minimum Gasteiger partial charge on any atom is -0.302 e. The molecule has 0 amide bonds. The predicted octanol–water partition coefficient (Wildman–Crippen LogP) is 0.976. The van der Waals surface area contributed by atoms with Crippen LogP contribution >= 0.6 is 11.6 Å². The molecule has 0 spiro atoms. The molecule has 4 nitrogen and oxygen atoms in total. The summed E-state index contributed by atoms with van der Waals surface area (Å²) >= 11 is 5.34. The molecule has 0 atom stereocenters. The Bertz CT molecular complexity index is 297. The summed E-state index contributed by atoms with van der Waals surface area (Å²) in [5.41, 5.74) is -0.0148. The summed E-state index contributed by atoms with van der Waals surface area (Å²) in [6, 6.07) is 0. The van der Waals surface area contributed by atoms with Gasteiger partial charge in [0, 0.05) is 12.1 Å². The summed E-state index contributed by atoms with van der Waals surface area (Å²) in [4.78, 5) is 2.12. The lowest BCUT2D eigenvalue weighted by atomic mass is 9.97. The van der Waals surface area contributed by atoms with Crippen molar-refractivity contribution in [3.8, 4) is 0 Å². The summed E-state index contributed by atoms with van der Waals surface area (Å²) < 4.78 is 25.1. The quantitative estimate of drug-likeness (QED) is 0.744. The van der Waals surface area contributed by atoms with Crippen molar-refractivity contribution in [2.75, 3.05) is 25.9 Å².